The summed E-state index contributed by atoms with van der Waals surface area (Å²) in [6.07, 6.45) is 0. The van der Waals surface area contributed by atoms with Crippen LogP contribution in [0.4, 0.5) is 0 Å². The molecule has 0 aromatic heterocycles. The molecule has 0 aliphatic heterocycles. The minimum Gasteiger partial charge on any atom is -0.0949 e. The molecule has 0 spiro atoms. The average molecular weight is 421 g/mol. The van der Waals surface area contributed by atoms with Gasteiger partial charge in [-0.1, -0.05) is 126 Å². The lowest BCUT2D eigenvalue weighted by Gasteiger charge is -2.52. The quantitative estimate of drug-likeness (QED) is 0.485. The number of benzene rings is 2. The van der Waals surface area contributed by atoms with E-state index in [1.807, 2.05) is 0 Å². The molecule has 2 aromatic carbocycles. The van der Waals surface area contributed by atoms with Crippen LogP contribution in [0.2, 0.25) is 39.3 Å². The van der Waals surface area contributed by atoms with Crippen LogP contribution in [0.25, 0.3) is 0 Å². The van der Waals surface area contributed by atoms with Crippen molar-refractivity contribution in [3.05, 3.63) is 60.7 Å². The number of halogens is 1. The molecule has 0 fully saturated rings. The molecule has 4 heteroatoms. The fourth-order valence-corrected chi connectivity index (χ4v) is 23.9. The van der Waals surface area contributed by atoms with Gasteiger partial charge in [0.15, 0.2) is 0 Å². The van der Waals surface area contributed by atoms with E-state index in [2.05, 4.69) is 116 Å². The maximum absolute atomic E-state index is 4.44. The summed E-state index contributed by atoms with van der Waals surface area (Å²) in [6, 6.07) is 22.4. The van der Waals surface area contributed by atoms with Crippen LogP contribution in [0.15, 0.2) is 60.7 Å². The van der Waals surface area contributed by atoms with Gasteiger partial charge >= 0.3 is 0 Å². The van der Waals surface area contributed by atoms with Gasteiger partial charge in [0, 0.05) is 3.19 Å². The van der Waals surface area contributed by atoms with Gasteiger partial charge in [0.1, 0.15) is 8.80 Å². The van der Waals surface area contributed by atoms with E-state index in [0.29, 0.717) is 3.19 Å². The fourth-order valence-electron chi connectivity index (χ4n) is 3.65. The molecule has 2 aromatic rings. The van der Waals surface area contributed by atoms with E-state index in [0.717, 1.165) is 0 Å². The van der Waals surface area contributed by atoms with Crippen molar-refractivity contribution in [1.82, 2.24) is 0 Å². The first-order chi connectivity index (χ1) is 10.6. The molecule has 1 radical (unpaired) electrons. The van der Waals surface area contributed by atoms with E-state index in [1.165, 1.54) is 10.4 Å². The van der Waals surface area contributed by atoms with Crippen molar-refractivity contribution >= 4 is 51.2 Å². The molecule has 0 atom stereocenters. The lowest BCUT2D eigenvalue weighted by molar-refractivity contribution is 1.36. The summed E-state index contributed by atoms with van der Waals surface area (Å²) in [6.45, 7) is 15.2. The molecule has 0 saturated heterocycles. The Morgan fingerprint density at radius 2 is 0.957 bits per heavy atom. The maximum atomic E-state index is 4.44. The van der Waals surface area contributed by atoms with Gasteiger partial charge in [-0.2, -0.15) is 0 Å². The van der Waals surface area contributed by atoms with Crippen LogP contribution in [0.5, 0.6) is 0 Å². The zero-order valence-corrected chi connectivity index (χ0v) is 19.7. The Morgan fingerprint density at radius 1 is 0.652 bits per heavy atom. The zero-order chi connectivity index (χ0) is 17.3. The van der Waals surface area contributed by atoms with Crippen LogP contribution in [-0.4, -0.2) is 28.1 Å². The second-order valence-corrected chi connectivity index (χ2v) is 26.3. The Hall–Kier alpha value is -0.429. The Labute approximate surface area is 154 Å². The van der Waals surface area contributed by atoms with Gasteiger partial charge in [-0.25, -0.2) is 0 Å². The van der Waals surface area contributed by atoms with Gasteiger partial charge in [-0.05, 0) is 0 Å². The number of hydrogen-bond acceptors (Lipinski definition) is 0. The number of rotatable bonds is 5. The molecule has 0 heterocycles. The standard InChI is InChI=1S/C19H28BrSi3/c1-22(2,3)19(20,23(4,5)6)21(17-13-9-7-10-14-17)18-15-11-8-12-16-18/h7-16H,1-6H3. The summed E-state index contributed by atoms with van der Waals surface area (Å²) in [5.41, 5.74) is 0. The third-order valence-corrected chi connectivity index (χ3v) is 30.0. The normalized spacial score (nSPS) is 13.4. The summed E-state index contributed by atoms with van der Waals surface area (Å²) in [5, 5.41) is 3.07. The first kappa shape index (κ1) is 18.9. The summed E-state index contributed by atoms with van der Waals surface area (Å²) >= 11 is 4.44. The molecule has 0 bridgehead atoms. The van der Waals surface area contributed by atoms with Crippen LogP contribution in [0.3, 0.4) is 0 Å². The lowest BCUT2D eigenvalue weighted by Crippen LogP contribution is -2.76. The summed E-state index contributed by atoms with van der Waals surface area (Å²) in [4.78, 5) is 0. The van der Waals surface area contributed by atoms with Crippen LogP contribution in [-0.2, 0) is 0 Å². The van der Waals surface area contributed by atoms with Gasteiger partial charge in [-0.15, -0.1) is 0 Å². The molecule has 0 saturated carbocycles. The summed E-state index contributed by atoms with van der Waals surface area (Å²) in [7, 11) is -3.81. The van der Waals surface area contributed by atoms with Gasteiger partial charge in [0.25, 0.3) is 0 Å². The first-order valence-corrected chi connectivity index (χ1v) is 17.6. The third-order valence-electron chi connectivity index (χ3n) is 4.54. The molecule has 23 heavy (non-hydrogen) atoms. The zero-order valence-electron chi connectivity index (χ0n) is 15.2. The Balaban J connectivity index is 2.75. The van der Waals surface area contributed by atoms with E-state index in [-0.39, 0.29) is 0 Å². The van der Waals surface area contributed by atoms with E-state index < -0.39 is 24.9 Å². The lowest BCUT2D eigenvalue weighted by atomic mass is 10.4. The van der Waals surface area contributed by atoms with Gasteiger partial charge < -0.3 is 0 Å². The molecule has 123 valence electrons. The smallest absolute Gasteiger partial charge is 0.0949 e. The van der Waals surface area contributed by atoms with Crippen molar-refractivity contribution in [2.24, 2.45) is 0 Å². The van der Waals surface area contributed by atoms with Crippen molar-refractivity contribution in [2.75, 3.05) is 0 Å². The SMILES string of the molecule is C[Si](C)(C)C(Br)([Si](c1ccccc1)c1ccccc1)[Si](C)(C)C. The number of alkyl halides is 1. The molecule has 0 nitrogen and oxygen atoms in total. The highest BCUT2D eigenvalue weighted by atomic mass is 79.9. The minimum absolute atomic E-state index is 0.292. The van der Waals surface area contributed by atoms with Crippen molar-refractivity contribution in [2.45, 2.75) is 42.5 Å². The van der Waals surface area contributed by atoms with Crippen molar-refractivity contribution in [3.8, 4) is 0 Å². The Morgan fingerprint density at radius 3 is 1.22 bits per heavy atom. The maximum Gasteiger partial charge on any atom is 0.132 e. The van der Waals surface area contributed by atoms with Gasteiger partial charge in [-0.3, -0.25) is 0 Å². The van der Waals surface area contributed by atoms with Crippen LogP contribution in [0, 0.1) is 0 Å². The third kappa shape index (κ3) is 3.65. The molecular formula is C19H28BrSi3. The second kappa shape index (κ2) is 6.82. The predicted molar refractivity (Wildman–Crippen MR) is 116 cm³/mol. The summed E-state index contributed by atoms with van der Waals surface area (Å²) in [5.74, 6) is 0. The van der Waals surface area contributed by atoms with Crippen molar-refractivity contribution in [3.63, 3.8) is 0 Å². The highest BCUT2D eigenvalue weighted by Gasteiger charge is 2.57. The largest absolute Gasteiger partial charge is 0.132 e. The topological polar surface area (TPSA) is 0 Å². The minimum atomic E-state index is -1.45. The molecule has 0 N–H and O–H groups in total. The van der Waals surface area contributed by atoms with E-state index in [9.17, 15) is 0 Å². The summed E-state index contributed by atoms with van der Waals surface area (Å²) < 4.78 is 0.292. The molecule has 2 rings (SSSR count). The Bertz CT molecular complexity index is 574. The first-order valence-electron chi connectivity index (χ1n) is 8.26. The molecule has 0 aliphatic rings. The van der Waals surface area contributed by atoms with E-state index in [1.54, 1.807) is 0 Å². The highest BCUT2D eigenvalue weighted by molar-refractivity contribution is 9.11. The average Bonchev–Trinajstić information content (AvgIpc) is 2.47. The van der Waals surface area contributed by atoms with E-state index >= 15 is 0 Å². The molecule has 0 amide bonds. The molecule has 0 unspecified atom stereocenters. The molecular weight excluding hydrogens is 392 g/mol. The van der Waals surface area contributed by atoms with Crippen LogP contribution in [0.1, 0.15) is 0 Å². The van der Waals surface area contributed by atoms with Gasteiger partial charge in [0.2, 0.25) is 0 Å². The fraction of sp³-hybridized carbons (Fsp3) is 0.368. The van der Waals surface area contributed by atoms with Crippen molar-refractivity contribution in [1.29, 1.82) is 0 Å². The Kier molecular flexibility index (Phi) is 5.61. The molecule has 0 aliphatic carbocycles. The van der Waals surface area contributed by atoms with Gasteiger partial charge in [0.05, 0.1) is 16.1 Å². The number of hydrogen-bond donors (Lipinski definition) is 0. The van der Waals surface area contributed by atoms with Crippen LogP contribution < -0.4 is 10.4 Å². The van der Waals surface area contributed by atoms with E-state index in [4.69, 9.17) is 0 Å². The second-order valence-electron chi connectivity index (χ2n) is 8.27. The predicted octanol–water partition coefficient (Wildman–Crippen LogP) is 4.72. The highest BCUT2D eigenvalue weighted by Crippen LogP contribution is 2.41. The monoisotopic (exact) mass is 419 g/mol. The van der Waals surface area contributed by atoms with Crippen LogP contribution >= 0.6 is 15.9 Å². The van der Waals surface area contributed by atoms with Crippen molar-refractivity contribution < 1.29 is 0 Å².